The lowest BCUT2D eigenvalue weighted by Crippen LogP contribution is -2.53. The van der Waals surface area contributed by atoms with Gasteiger partial charge < -0.3 is 15.4 Å². The SMILES string of the molecule is C[C@H]1OCCN[C@@H]1C(=O)Nc1cccc(Cn2cccnc2=O)c1. The summed E-state index contributed by atoms with van der Waals surface area (Å²) in [5.74, 6) is -0.127. The highest BCUT2D eigenvalue weighted by Gasteiger charge is 2.28. The van der Waals surface area contributed by atoms with Gasteiger partial charge in [0.2, 0.25) is 5.91 Å². The number of hydrogen-bond donors (Lipinski definition) is 2. The molecule has 2 N–H and O–H groups in total. The molecular formula is C17H20N4O3. The molecule has 126 valence electrons. The Kier molecular flexibility index (Phi) is 5.02. The van der Waals surface area contributed by atoms with Gasteiger partial charge in [-0.3, -0.25) is 9.36 Å². The zero-order valence-corrected chi connectivity index (χ0v) is 13.4. The van der Waals surface area contributed by atoms with Gasteiger partial charge in [0, 0.05) is 24.6 Å². The van der Waals surface area contributed by atoms with Crippen LogP contribution in [0.15, 0.2) is 47.5 Å². The Balaban J connectivity index is 1.70. The Morgan fingerprint density at radius 1 is 1.46 bits per heavy atom. The van der Waals surface area contributed by atoms with Crippen LogP contribution in [0.4, 0.5) is 5.69 Å². The van der Waals surface area contributed by atoms with E-state index in [1.807, 2.05) is 31.2 Å². The van der Waals surface area contributed by atoms with Crippen molar-refractivity contribution in [3.63, 3.8) is 0 Å². The summed E-state index contributed by atoms with van der Waals surface area (Å²) in [6.07, 6.45) is 2.98. The molecule has 1 saturated heterocycles. The van der Waals surface area contributed by atoms with Gasteiger partial charge in [-0.15, -0.1) is 0 Å². The molecule has 0 bridgehead atoms. The summed E-state index contributed by atoms with van der Waals surface area (Å²) >= 11 is 0. The van der Waals surface area contributed by atoms with Crippen LogP contribution in [0, 0.1) is 0 Å². The second-order valence-electron chi connectivity index (χ2n) is 5.73. The van der Waals surface area contributed by atoms with Crippen molar-refractivity contribution in [3.8, 4) is 0 Å². The van der Waals surface area contributed by atoms with Gasteiger partial charge in [0.05, 0.1) is 19.3 Å². The molecule has 2 heterocycles. The summed E-state index contributed by atoms with van der Waals surface area (Å²) in [6, 6.07) is 8.76. The summed E-state index contributed by atoms with van der Waals surface area (Å²) in [7, 11) is 0. The fourth-order valence-corrected chi connectivity index (χ4v) is 2.70. The molecule has 1 amide bonds. The summed E-state index contributed by atoms with van der Waals surface area (Å²) < 4.78 is 7.01. The molecule has 1 aliphatic heterocycles. The van der Waals surface area contributed by atoms with Gasteiger partial charge in [-0.2, -0.15) is 0 Å². The van der Waals surface area contributed by atoms with Gasteiger partial charge in [-0.25, -0.2) is 9.78 Å². The van der Waals surface area contributed by atoms with Gasteiger partial charge in [0.25, 0.3) is 0 Å². The smallest absolute Gasteiger partial charge is 0.347 e. The number of carbonyl (C=O) groups excluding carboxylic acids is 1. The highest BCUT2D eigenvalue weighted by atomic mass is 16.5. The molecule has 0 unspecified atom stereocenters. The Bertz CT molecular complexity index is 774. The van der Waals surface area contributed by atoms with Crippen molar-refractivity contribution in [2.45, 2.75) is 25.6 Å². The maximum absolute atomic E-state index is 12.4. The number of aromatic nitrogens is 2. The Morgan fingerprint density at radius 3 is 3.12 bits per heavy atom. The summed E-state index contributed by atoms with van der Waals surface area (Å²) in [4.78, 5) is 27.8. The lowest BCUT2D eigenvalue weighted by Gasteiger charge is -2.29. The molecule has 1 fully saturated rings. The van der Waals surface area contributed by atoms with Crippen LogP contribution in [-0.4, -0.2) is 40.8 Å². The molecule has 7 nitrogen and oxygen atoms in total. The van der Waals surface area contributed by atoms with Gasteiger partial charge in [-0.05, 0) is 30.7 Å². The van der Waals surface area contributed by atoms with E-state index in [4.69, 9.17) is 4.74 Å². The molecule has 0 spiro atoms. The third-order valence-corrected chi connectivity index (χ3v) is 3.93. The van der Waals surface area contributed by atoms with Crippen LogP contribution in [0.5, 0.6) is 0 Å². The zero-order valence-electron chi connectivity index (χ0n) is 13.4. The maximum Gasteiger partial charge on any atom is 0.347 e. The molecule has 2 atom stereocenters. The van der Waals surface area contributed by atoms with Crippen molar-refractivity contribution in [2.24, 2.45) is 0 Å². The highest BCUT2D eigenvalue weighted by Crippen LogP contribution is 2.13. The predicted octanol–water partition coefficient (Wildman–Crippen LogP) is 0.607. The molecule has 0 saturated carbocycles. The van der Waals surface area contributed by atoms with Crippen LogP contribution in [0.2, 0.25) is 0 Å². The lowest BCUT2D eigenvalue weighted by molar-refractivity contribution is -0.123. The normalized spacial score (nSPS) is 20.5. The van der Waals surface area contributed by atoms with Gasteiger partial charge in [-0.1, -0.05) is 12.1 Å². The highest BCUT2D eigenvalue weighted by molar-refractivity contribution is 5.95. The average molecular weight is 328 g/mol. The number of nitrogens with one attached hydrogen (secondary N) is 2. The minimum Gasteiger partial charge on any atom is -0.375 e. The number of nitrogens with zero attached hydrogens (tertiary/aromatic N) is 2. The fraction of sp³-hybridized carbons (Fsp3) is 0.353. The topological polar surface area (TPSA) is 85.2 Å². The third kappa shape index (κ3) is 3.87. The summed E-state index contributed by atoms with van der Waals surface area (Å²) in [5.41, 5.74) is 1.29. The van der Waals surface area contributed by atoms with Crippen LogP contribution >= 0.6 is 0 Å². The van der Waals surface area contributed by atoms with Crippen molar-refractivity contribution >= 4 is 11.6 Å². The first kappa shape index (κ1) is 16.4. The molecule has 1 aromatic carbocycles. The van der Waals surface area contributed by atoms with E-state index in [-0.39, 0.29) is 23.7 Å². The largest absolute Gasteiger partial charge is 0.375 e. The van der Waals surface area contributed by atoms with Crippen LogP contribution in [0.25, 0.3) is 0 Å². The number of carbonyl (C=O) groups is 1. The van der Waals surface area contributed by atoms with Gasteiger partial charge in [0.1, 0.15) is 6.04 Å². The van der Waals surface area contributed by atoms with Crippen molar-refractivity contribution in [1.29, 1.82) is 0 Å². The number of amides is 1. The van der Waals surface area contributed by atoms with Crippen LogP contribution < -0.4 is 16.3 Å². The van der Waals surface area contributed by atoms with E-state index in [9.17, 15) is 9.59 Å². The molecular weight excluding hydrogens is 308 g/mol. The fourth-order valence-electron chi connectivity index (χ4n) is 2.70. The molecule has 2 aromatic rings. The minimum atomic E-state index is -0.372. The van der Waals surface area contributed by atoms with Crippen molar-refractivity contribution in [3.05, 3.63) is 58.8 Å². The zero-order chi connectivity index (χ0) is 16.9. The lowest BCUT2D eigenvalue weighted by atomic mass is 10.1. The van der Waals surface area contributed by atoms with Crippen molar-refractivity contribution in [2.75, 3.05) is 18.5 Å². The quantitative estimate of drug-likeness (QED) is 0.859. The first-order chi connectivity index (χ1) is 11.6. The summed E-state index contributed by atoms with van der Waals surface area (Å²) in [6.45, 7) is 3.55. The third-order valence-electron chi connectivity index (χ3n) is 3.93. The predicted molar refractivity (Wildman–Crippen MR) is 89.9 cm³/mol. The molecule has 3 rings (SSSR count). The monoisotopic (exact) mass is 328 g/mol. The van der Waals surface area contributed by atoms with E-state index < -0.39 is 0 Å². The Hall–Kier alpha value is -2.51. The molecule has 0 aliphatic carbocycles. The molecule has 0 radical (unpaired) electrons. The molecule has 1 aliphatic rings. The van der Waals surface area contributed by atoms with E-state index >= 15 is 0 Å². The standard InChI is InChI=1S/C17H20N4O3/c1-12-15(18-7-9-24-12)16(22)20-14-5-2-4-13(10-14)11-21-8-3-6-19-17(21)23/h2-6,8,10,12,15,18H,7,9,11H2,1H3,(H,20,22)/t12-,15+/m1/s1. The van der Waals surface area contributed by atoms with E-state index in [0.717, 1.165) is 5.56 Å². The minimum absolute atomic E-state index is 0.127. The van der Waals surface area contributed by atoms with E-state index in [1.165, 1.54) is 10.8 Å². The number of benzene rings is 1. The average Bonchev–Trinajstić information content (AvgIpc) is 2.58. The van der Waals surface area contributed by atoms with Crippen LogP contribution in [-0.2, 0) is 16.1 Å². The summed E-state index contributed by atoms with van der Waals surface area (Å²) in [5, 5.41) is 6.06. The number of hydrogen-bond acceptors (Lipinski definition) is 5. The van der Waals surface area contributed by atoms with Crippen LogP contribution in [0.1, 0.15) is 12.5 Å². The van der Waals surface area contributed by atoms with Gasteiger partial charge in [0.15, 0.2) is 0 Å². The number of ether oxygens (including phenoxy) is 1. The first-order valence-electron chi connectivity index (χ1n) is 7.90. The maximum atomic E-state index is 12.4. The first-order valence-corrected chi connectivity index (χ1v) is 7.90. The van der Waals surface area contributed by atoms with E-state index in [1.54, 1.807) is 12.3 Å². The number of anilines is 1. The van der Waals surface area contributed by atoms with Gasteiger partial charge >= 0.3 is 5.69 Å². The van der Waals surface area contributed by atoms with Crippen molar-refractivity contribution < 1.29 is 9.53 Å². The van der Waals surface area contributed by atoms with E-state index in [2.05, 4.69) is 15.6 Å². The molecule has 7 heteroatoms. The molecule has 24 heavy (non-hydrogen) atoms. The number of morpholine rings is 1. The molecule has 1 aromatic heterocycles. The van der Waals surface area contributed by atoms with Crippen molar-refractivity contribution in [1.82, 2.24) is 14.9 Å². The van der Waals surface area contributed by atoms with E-state index in [0.29, 0.717) is 25.4 Å². The second kappa shape index (κ2) is 7.37. The Labute approximate surface area is 139 Å². The van der Waals surface area contributed by atoms with Crippen LogP contribution in [0.3, 0.4) is 0 Å². The number of rotatable bonds is 4. The second-order valence-corrected chi connectivity index (χ2v) is 5.73. The Morgan fingerprint density at radius 2 is 2.33 bits per heavy atom.